The molecule has 3 N–H and O–H groups in total. The van der Waals surface area contributed by atoms with Gasteiger partial charge in [-0.2, -0.15) is 0 Å². The summed E-state index contributed by atoms with van der Waals surface area (Å²) >= 11 is 0. The molecule has 1 aromatic rings. The molecule has 0 spiro atoms. The molecular weight excluding hydrogens is 226 g/mol. The molecule has 1 aliphatic rings. The molecule has 1 fully saturated rings. The summed E-state index contributed by atoms with van der Waals surface area (Å²) in [7, 11) is 0. The average molecular weight is 240 g/mol. The van der Waals surface area contributed by atoms with Crippen molar-refractivity contribution < 1.29 is 13.6 Å². The van der Waals surface area contributed by atoms with Gasteiger partial charge in [0.2, 0.25) is 5.91 Å². The van der Waals surface area contributed by atoms with Crippen molar-refractivity contribution in [3.8, 4) is 0 Å². The van der Waals surface area contributed by atoms with Crippen molar-refractivity contribution in [2.75, 3.05) is 5.32 Å². The molecule has 17 heavy (non-hydrogen) atoms. The number of anilines is 1. The molecule has 92 valence electrons. The maximum absolute atomic E-state index is 13.3. The SMILES string of the molecule is NC1CCCC1C(=O)Nc1ccc(F)cc1F. The van der Waals surface area contributed by atoms with E-state index in [0.717, 1.165) is 31.4 Å². The van der Waals surface area contributed by atoms with E-state index in [9.17, 15) is 13.6 Å². The molecule has 0 heterocycles. The number of halogens is 2. The topological polar surface area (TPSA) is 55.1 Å². The van der Waals surface area contributed by atoms with Gasteiger partial charge in [0.05, 0.1) is 11.6 Å². The zero-order valence-corrected chi connectivity index (χ0v) is 9.25. The van der Waals surface area contributed by atoms with Crippen LogP contribution >= 0.6 is 0 Å². The Balaban J connectivity index is 2.07. The highest BCUT2D eigenvalue weighted by Crippen LogP contribution is 2.26. The average Bonchev–Trinajstić information content (AvgIpc) is 2.68. The second-order valence-electron chi connectivity index (χ2n) is 4.31. The van der Waals surface area contributed by atoms with E-state index >= 15 is 0 Å². The molecule has 5 heteroatoms. The Labute approximate surface area is 98.0 Å². The van der Waals surface area contributed by atoms with E-state index in [1.807, 2.05) is 0 Å². The number of rotatable bonds is 2. The third-order valence-corrected chi connectivity index (χ3v) is 3.10. The second-order valence-corrected chi connectivity index (χ2v) is 4.31. The van der Waals surface area contributed by atoms with Crippen LogP contribution in [0.25, 0.3) is 0 Å². The molecule has 0 bridgehead atoms. The van der Waals surface area contributed by atoms with Crippen molar-refractivity contribution in [1.29, 1.82) is 0 Å². The molecule has 1 aliphatic carbocycles. The molecule has 1 amide bonds. The highest BCUT2D eigenvalue weighted by Gasteiger charge is 2.30. The van der Waals surface area contributed by atoms with Crippen LogP contribution < -0.4 is 11.1 Å². The first-order valence-corrected chi connectivity index (χ1v) is 5.59. The monoisotopic (exact) mass is 240 g/mol. The van der Waals surface area contributed by atoms with E-state index in [4.69, 9.17) is 5.73 Å². The van der Waals surface area contributed by atoms with E-state index < -0.39 is 11.6 Å². The van der Waals surface area contributed by atoms with Gasteiger partial charge in [-0.1, -0.05) is 6.42 Å². The summed E-state index contributed by atoms with van der Waals surface area (Å²) in [5.41, 5.74) is 5.78. The maximum atomic E-state index is 13.3. The zero-order chi connectivity index (χ0) is 12.4. The zero-order valence-electron chi connectivity index (χ0n) is 9.25. The molecular formula is C12H14F2N2O. The van der Waals surface area contributed by atoms with Crippen molar-refractivity contribution in [2.45, 2.75) is 25.3 Å². The second kappa shape index (κ2) is 4.79. The smallest absolute Gasteiger partial charge is 0.229 e. The maximum Gasteiger partial charge on any atom is 0.229 e. The minimum atomic E-state index is -0.773. The fourth-order valence-electron chi connectivity index (χ4n) is 2.13. The van der Waals surface area contributed by atoms with E-state index in [1.165, 1.54) is 6.07 Å². The van der Waals surface area contributed by atoms with Crippen molar-refractivity contribution in [1.82, 2.24) is 0 Å². The fourth-order valence-corrected chi connectivity index (χ4v) is 2.13. The largest absolute Gasteiger partial charge is 0.327 e. The Hall–Kier alpha value is -1.49. The number of amides is 1. The first-order valence-electron chi connectivity index (χ1n) is 5.59. The van der Waals surface area contributed by atoms with Gasteiger partial charge in [0.15, 0.2) is 0 Å². The van der Waals surface area contributed by atoms with E-state index in [-0.39, 0.29) is 23.6 Å². The molecule has 0 aromatic heterocycles. The van der Waals surface area contributed by atoms with Gasteiger partial charge < -0.3 is 11.1 Å². The minimum Gasteiger partial charge on any atom is -0.327 e. The van der Waals surface area contributed by atoms with Gasteiger partial charge in [-0.3, -0.25) is 4.79 Å². The lowest BCUT2D eigenvalue weighted by Gasteiger charge is -2.15. The van der Waals surface area contributed by atoms with E-state index in [1.54, 1.807) is 0 Å². The molecule has 0 aliphatic heterocycles. The summed E-state index contributed by atoms with van der Waals surface area (Å²) in [5.74, 6) is -2.01. The van der Waals surface area contributed by atoms with Crippen molar-refractivity contribution in [3.63, 3.8) is 0 Å². The third kappa shape index (κ3) is 2.61. The predicted octanol–water partition coefficient (Wildman–Crippen LogP) is 2.03. The Bertz CT molecular complexity index is 437. The Morgan fingerprint density at radius 1 is 1.35 bits per heavy atom. The standard InChI is InChI=1S/C12H14F2N2O/c13-7-4-5-11(9(14)6-7)16-12(17)8-2-1-3-10(8)15/h4-6,8,10H,1-3,15H2,(H,16,17). The lowest BCUT2D eigenvalue weighted by molar-refractivity contribution is -0.120. The lowest BCUT2D eigenvalue weighted by Crippen LogP contribution is -2.34. The molecule has 2 rings (SSSR count). The summed E-state index contributed by atoms with van der Waals surface area (Å²) in [6.45, 7) is 0. The Morgan fingerprint density at radius 2 is 2.12 bits per heavy atom. The van der Waals surface area contributed by atoms with E-state index in [0.29, 0.717) is 0 Å². The normalized spacial score (nSPS) is 23.7. The highest BCUT2D eigenvalue weighted by molar-refractivity contribution is 5.93. The van der Waals surface area contributed by atoms with Gasteiger partial charge >= 0.3 is 0 Å². The van der Waals surface area contributed by atoms with Gasteiger partial charge in [-0.15, -0.1) is 0 Å². The fraction of sp³-hybridized carbons (Fsp3) is 0.417. The van der Waals surface area contributed by atoms with Crippen molar-refractivity contribution >= 4 is 11.6 Å². The first kappa shape index (κ1) is 12.0. The molecule has 2 unspecified atom stereocenters. The molecule has 1 aromatic carbocycles. The summed E-state index contributed by atoms with van der Waals surface area (Å²) in [4.78, 5) is 11.8. The van der Waals surface area contributed by atoms with Crippen LogP contribution in [0, 0.1) is 17.6 Å². The Morgan fingerprint density at radius 3 is 2.71 bits per heavy atom. The number of carbonyl (C=O) groups excluding carboxylic acids is 1. The molecule has 1 saturated carbocycles. The minimum absolute atomic E-state index is 0.00417. The number of carbonyl (C=O) groups is 1. The van der Waals surface area contributed by atoms with Crippen LogP contribution in [0.3, 0.4) is 0 Å². The third-order valence-electron chi connectivity index (χ3n) is 3.10. The number of hydrogen-bond acceptors (Lipinski definition) is 2. The summed E-state index contributed by atoms with van der Waals surface area (Å²) < 4.78 is 26.0. The van der Waals surface area contributed by atoms with E-state index in [2.05, 4.69) is 5.32 Å². The van der Waals surface area contributed by atoms with Crippen LogP contribution in [-0.4, -0.2) is 11.9 Å². The van der Waals surface area contributed by atoms with Gasteiger partial charge in [0, 0.05) is 12.1 Å². The Kier molecular flexibility index (Phi) is 3.38. The summed E-state index contributed by atoms with van der Waals surface area (Å²) in [6.07, 6.45) is 2.44. The van der Waals surface area contributed by atoms with Gasteiger partial charge in [-0.05, 0) is 25.0 Å². The van der Waals surface area contributed by atoms with Crippen LogP contribution in [0.5, 0.6) is 0 Å². The van der Waals surface area contributed by atoms with Crippen LogP contribution in [0.1, 0.15) is 19.3 Å². The lowest BCUT2D eigenvalue weighted by atomic mass is 10.0. The van der Waals surface area contributed by atoms with Crippen LogP contribution in [-0.2, 0) is 4.79 Å². The van der Waals surface area contributed by atoms with Crippen molar-refractivity contribution in [3.05, 3.63) is 29.8 Å². The van der Waals surface area contributed by atoms with Gasteiger partial charge in [-0.25, -0.2) is 8.78 Å². The quantitative estimate of drug-likeness (QED) is 0.831. The molecule has 3 nitrogen and oxygen atoms in total. The number of nitrogens with one attached hydrogen (secondary N) is 1. The van der Waals surface area contributed by atoms with Crippen LogP contribution in [0.15, 0.2) is 18.2 Å². The molecule has 2 atom stereocenters. The number of benzene rings is 1. The molecule has 0 radical (unpaired) electrons. The molecule has 0 saturated heterocycles. The first-order chi connectivity index (χ1) is 8.08. The number of nitrogens with two attached hydrogens (primary N) is 1. The van der Waals surface area contributed by atoms with Gasteiger partial charge in [0.25, 0.3) is 0 Å². The summed E-state index contributed by atoms with van der Waals surface area (Å²) in [6, 6.07) is 2.89. The van der Waals surface area contributed by atoms with Crippen molar-refractivity contribution in [2.24, 2.45) is 11.7 Å². The van der Waals surface area contributed by atoms with Crippen LogP contribution in [0.4, 0.5) is 14.5 Å². The predicted molar refractivity (Wildman–Crippen MR) is 60.3 cm³/mol. The summed E-state index contributed by atoms with van der Waals surface area (Å²) in [5, 5.41) is 2.45. The van der Waals surface area contributed by atoms with Crippen LogP contribution in [0.2, 0.25) is 0 Å². The highest BCUT2D eigenvalue weighted by atomic mass is 19.1. The van der Waals surface area contributed by atoms with Gasteiger partial charge in [0.1, 0.15) is 11.6 Å². The number of hydrogen-bond donors (Lipinski definition) is 2.